The maximum Gasteiger partial charge on any atom is 0.0132 e. The van der Waals surface area contributed by atoms with Gasteiger partial charge in [-0.25, -0.2) is 0 Å². The number of halogens is 1. The first-order valence-corrected chi connectivity index (χ1v) is 6.93. The minimum Gasteiger partial charge on any atom is -0.314 e. The molecule has 0 fully saturated rings. The molecule has 0 saturated heterocycles. The summed E-state index contributed by atoms with van der Waals surface area (Å²) in [4.78, 5) is 0.603. The van der Waals surface area contributed by atoms with Gasteiger partial charge in [-0.15, -0.1) is 0 Å². The number of rotatable bonds is 6. The third-order valence-electron chi connectivity index (χ3n) is 2.16. The van der Waals surface area contributed by atoms with Gasteiger partial charge >= 0.3 is 0 Å². The van der Waals surface area contributed by atoms with Crippen LogP contribution in [0.2, 0.25) is 0 Å². The summed E-state index contributed by atoms with van der Waals surface area (Å²) in [5, 5.41) is 7.89. The van der Waals surface area contributed by atoms with Crippen molar-refractivity contribution in [1.29, 1.82) is 0 Å². The van der Waals surface area contributed by atoms with Crippen LogP contribution in [0.1, 0.15) is 25.8 Å². The highest BCUT2D eigenvalue weighted by atomic mass is 79.9. The van der Waals surface area contributed by atoms with Crippen LogP contribution in [-0.4, -0.2) is 17.4 Å². The lowest BCUT2D eigenvalue weighted by Gasteiger charge is -2.14. The molecule has 1 aromatic heterocycles. The molecule has 3 heteroatoms. The molecule has 0 amide bonds. The van der Waals surface area contributed by atoms with Crippen LogP contribution < -0.4 is 5.32 Å². The highest BCUT2D eigenvalue weighted by Crippen LogP contribution is 2.08. The molecule has 0 aromatic carbocycles. The predicted molar refractivity (Wildman–Crippen MR) is 68.5 cm³/mol. The van der Waals surface area contributed by atoms with Gasteiger partial charge in [0.1, 0.15) is 0 Å². The second kappa shape index (κ2) is 6.59. The average Bonchev–Trinajstić information content (AvgIpc) is 2.55. The topological polar surface area (TPSA) is 12.0 Å². The van der Waals surface area contributed by atoms with Gasteiger partial charge in [0, 0.05) is 10.9 Å². The van der Waals surface area contributed by atoms with Crippen molar-refractivity contribution in [2.75, 3.05) is 6.54 Å². The number of hydrogen-bond acceptors (Lipinski definition) is 2. The van der Waals surface area contributed by atoms with Gasteiger partial charge in [0.2, 0.25) is 0 Å². The molecule has 1 heterocycles. The normalized spacial score (nSPS) is 15.4. The van der Waals surface area contributed by atoms with Crippen LogP contribution in [0.4, 0.5) is 0 Å². The Labute approximate surface area is 99.0 Å². The average molecular weight is 276 g/mol. The zero-order valence-electron chi connectivity index (χ0n) is 8.79. The van der Waals surface area contributed by atoms with Crippen LogP contribution >= 0.6 is 27.3 Å². The Balaban J connectivity index is 2.09. The Morgan fingerprint density at radius 2 is 2.29 bits per heavy atom. The second-order valence-corrected chi connectivity index (χ2v) is 6.10. The number of alkyl halides is 1. The van der Waals surface area contributed by atoms with E-state index in [0.29, 0.717) is 10.9 Å². The molecule has 1 rings (SSSR count). The van der Waals surface area contributed by atoms with Crippen molar-refractivity contribution in [2.45, 2.75) is 37.6 Å². The van der Waals surface area contributed by atoms with E-state index in [0.717, 1.165) is 13.0 Å². The van der Waals surface area contributed by atoms with Gasteiger partial charge in [-0.3, -0.25) is 0 Å². The van der Waals surface area contributed by atoms with E-state index in [1.165, 1.54) is 12.0 Å². The van der Waals surface area contributed by atoms with Crippen LogP contribution in [0, 0.1) is 0 Å². The Bertz CT molecular complexity index is 233. The molecule has 1 N–H and O–H groups in total. The number of nitrogens with one attached hydrogen (secondary N) is 1. The van der Waals surface area contributed by atoms with Crippen molar-refractivity contribution in [2.24, 2.45) is 0 Å². The highest BCUT2D eigenvalue weighted by Gasteiger charge is 2.04. The lowest BCUT2D eigenvalue weighted by atomic mass is 10.2. The molecule has 0 aliphatic heterocycles. The predicted octanol–water partition coefficient (Wildman–Crippen LogP) is 3.44. The molecule has 2 atom stereocenters. The third kappa shape index (κ3) is 5.13. The van der Waals surface area contributed by atoms with E-state index in [1.807, 2.05) is 0 Å². The maximum atomic E-state index is 3.57. The van der Waals surface area contributed by atoms with Crippen LogP contribution in [-0.2, 0) is 6.42 Å². The molecule has 0 aliphatic carbocycles. The largest absolute Gasteiger partial charge is 0.314 e. The summed E-state index contributed by atoms with van der Waals surface area (Å²) in [5.74, 6) is 0. The fourth-order valence-electron chi connectivity index (χ4n) is 1.47. The van der Waals surface area contributed by atoms with Gasteiger partial charge in [0.25, 0.3) is 0 Å². The van der Waals surface area contributed by atoms with Gasteiger partial charge in [0.05, 0.1) is 0 Å². The molecule has 0 spiro atoms. The summed E-state index contributed by atoms with van der Waals surface area (Å²) in [7, 11) is 0. The summed E-state index contributed by atoms with van der Waals surface area (Å²) >= 11 is 5.34. The molecule has 80 valence electrons. The fourth-order valence-corrected chi connectivity index (χ4v) is 2.73. The van der Waals surface area contributed by atoms with E-state index < -0.39 is 0 Å². The van der Waals surface area contributed by atoms with E-state index >= 15 is 0 Å². The zero-order valence-corrected chi connectivity index (χ0v) is 11.2. The summed E-state index contributed by atoms with van der Waals surface area (Å²) in [6, 6.07) is 2.80. The lowest BCUT2D eigenvalue weighted by molar-refractivity contribution is 0.519. The smallest absolute Gasteiger partial charge is 0.0132 e. The quantitative estimate of drug-likeness (QED) is 0.785. The molecule has 14 heavy (non-hydrogen) atoms. The van der Waals surface area contributed by atoms with Crippen molar-refractivity contribution in [3.63, 3.8) is 0 Å². The first kappa shape index (κ1) is 12.2. The van der Waals surface area contributed by atoms with E-state index in [2.05, 4.69) is 51.9 Å². The summed E-state index contributed by atoms with van der Waals surface area (Å²) in [6.45, 7) is 5.51. The molecular formula is C11H18BrNS. The monoisotopic (exact) mass is 275 g/mol. The highest BCUT2D eigenvalue weighted by molar-refractivity contribution is 9.09. The third-order valence-corrected chi connectivity index (χ3v) is 3.27. The Kier molecular flexibility index (Phi) is 5.75. The van der Waals surface area contributed by atoms with Crippen LogP contribution in [0.3, 0.4) is 0 Å². The van der Waals surface area contributed by atoms with Crippen molar-refractivity contribution < 1.29 is 0 Å². The van der Waals surface area contributed by atoms with Gasteiger partial charge in [0.15, 0.2) is 0 Å². The Morgan fingerprint density at radius 1 is 1.50 bits per heavy atom. The summed E-state index contributed by atoms with van der Waals surface area (Å²) < 4.78 is 0. The standard InChI is InChI=1S/C11H18BrNS/c1-9(12)7-10(2)13-5-3-11-4-6-14-8-11/h4,6,8-10,13H,3,5,7H2,1-2H3. The summed E-state index contributed by atoms with van der Waals surface area (Å²) in [6.07, 6.45) is 2.33. The lowest BCUT2D eigenvalue weighted by Crippen LogP contribution is -2.29. The molecule has 0 bridgehead atoms. The zero-order chi connectivity index (χ0) is 10.4. The molecule has 2 unspecified atom stereocenters. The minimum absolute atomic E-state index is 0.600. The minimum atomic E-state index is 0.600. The number of thiophene rings is 1. The van der Waals surface area contributed by atoms with Crippen molar-refractivity contribution in [3.05, 3.63) is 22.4 Å². The fraction of sp³-hybridized carbons (Fsp3) is 0.636. The molecule has 1 aromatic rings. The molecular weight excluding hydrogens is 258 g/mol. The first-order chi connectivity index (χ1) is 6.68. The maximum absolute atomic E-state index is 3.57. The Morgan fingerprint density at radius 3 is 2.86 bits per heavy atom. The first-order valence-electron chi connectivity index (χ1n) is 5.07. The van der Waals surface area contributed by atoms with Crippen molar-refractivity contribution >= 4 is 27.3 Å². The Hall–Kier alpha value is 0.140. The van der Waals surface area contributed by atoms with Crippen LogP contribution in [0.5, 0.6) is 0 Å². The van der Waals surface area contributed by atoms with Gasteiger partial charge in [-0.1, -0.05) is 22.9 Å². The molecule has 0 aliphatic rings. The second-order valence-electron chi connectivity index (χ2n) is 3.75. The van der Waals surface area contributed by atoms with Gasteiger partial charge in [-0.05, 0) is 48.7 Å². The molecule has 0 radical (unpaired) electrons. The van der Waals surface area contributed by atoms with E-state index in [1.54, 1.807) is 11.3 Å². The van der Waals surface area contributed by atoms with Crippen LogP contribution in [0.15, 0.2) is 16.8 Å². The van der Waals surface area contributed by atoms with Crippen molar-refractivity contribution in [3.8, 4) is 0 Å². The number of hydrogen-bond donors (Lipinski definition) is 1. The van der Waals surface area contributed by atoms with Crippen molar-refractivity contribution in [1.82, 2.24) is 5.32 Å². The van der Waals surface area contributed by atoms with Gasteiger partial charge < -0.3 is 5.32 Å². The van der Waals surface area contributed by atoms with E-state index in [4.69, 9.17) is 0 Å². The molecule has 1 nitrogen and oxygen atoms in total. The SMILES string of the molecule is CC(Br)CC(C)NCCc1ccsc1. The van der Waals surface area contributed by atoms with E-state index in [-0.39, 0.29) is 0 Å². The van der Waals surface area contributed by atoms with Gasteiger partial charge in [-0.2, -0.15) is 11.3 Å². The van der Waals surface area contributed by atoms with E-state index in [9.17, 15) is 0 Å². The summed E-state index contributed by atoms with van der Waals surface area (Å²) in [5.41, 5.74) is 1.45. The van der Waals surface area contributed by atoms with Crippen LogP contribution in [0.25, 0.3) is 0 Å². The molecule has 0 saturated carbocycles.